The molecule has 1 aliphatic rings. The molecule has 0 aromatic heterocycles. The second kappa shape index (κ2) is 7.42. The first kappa shape index (κ1) is 18.6. The molecule has 0 radical (unpaired) electrons. The van der Waals surface area contributed by atoms with Crippen LogP contribution in [0, 0.1) is 5.92 Å². The highest BCUT2D eigenvalue weighted by molar-refractivity contribution is 7.90. The number of nitrogens with one attached hydrogen (secondary N) is 2. The van der Waals surface area contributed by atoms with E-state index in [2.05, 4.69) is 10.0 Å². The first-order valence-electron chi connectivity index (χ1n) is 6.18. The van der Waals surface area contributed by atoms with Gasteiger partial charge in [0.05, 0.1) is 0 Å². The topological polar surface area (TPSA) is 78.5 Å². The van der Waals surface area contributed by atoms with Crippen molar-refractivity contribution >= 4 is 28.3 Å². The molecule has 0 aromatic carbocycles. The lowest BCUT2D eigenvalue weighted by Crippen LogP contribution is -2.52. The number of hydrogen-bond acceptors (Lipinski definition) is 4. The molecule has 3 atom stereocenters. The Balaban J connectivity index is 0.00000324. The molecule has 19 heavy (non-hydrogen) atoms. The number of nitrogens with zero attached hydrogens (tertiary/aromatic N) is 1. The van der Waals surface area contributed by atoms with E-state index in [0.717, 1.165) is 19.5 Å². The van der Waals surface area contributed by atoms with Crippen molar-refractivity contribution in [2.75, 3.05) is 27.2 Å². The van der Waals surface area contributed by atoms with Crippen molar-refractivity contribution in [2.45, 2.75) is 31.6 Å². The van der Waals surface area contributed by atoms with Crippen LogP contribution in [0.5, 0.6) is 0 Å². The largest absolute Gasteiger partial charge is 0.348 e. The third kappa shape index (κ3) is 4.91. The summed E-state index contributed by atoms with van der Waals surface area (Å²) in [5.74, 6) is -0.167. The minimum absolute atomic E-state index is 0. The zero-order chi connectivity index (χ0) is 13.9. The predicted molar refractivity (Wildman–Crippen MR) is 77.9 cm³/mol. The zero-order valence-corrected chi connectivity index (χ0v) is 13.5. The summed E-state index contributed by atoms with van der Waals surface area (Å²) in [5, 5.41) is 2.16. The van der Waals surface area contributed by atoms with Crippen LogP contribution in [0.3, 0.4) is 0 Å². The van der Waals surface area contributed by atoms with Gasteiger partial charge in [-0.05, 0) is 32.4 Å². The monoisotopic (exact) mass is 313 g/mol. The molecule has 3 unspecified atom stereocenters. The second-order valence-electron chi connectivity index (χ2n) is 5.11. The van der Waals surface area contributed by atoms with Crippen molar-refractivity contribution in [1.82, 2.24) is 14.9 Å². The first-order valence-corrected chi connectivity index (χ1v) is 7.73. The molecule has 6 nitrogen and oxygen atoms in total. The van der Waals surface area contributed by atoms with Crippen LogP contribution in [0.15, 0.2) is 0 Å². The van der Waals surface area contributed by atoms with Gasteiger partial charge in [-0.15, -0.1) is 12.4 Å². The predicted octanol–water partition coefficient (Wildman–Crippen LogP) is -0.198. The fourth-order valence-electron chi connectivity index (χ4n) is 2.00. The fourth-order valence-corrected chi connectivity index (χ4v) is 3.45. The van der Waals surface area contributed by atoms with Crippen LogP contribution in [0.2, 0.25) is 0 Å². The molecule has 114 valence electrons. The Kier molecular flexibility index (Phi) is 7.28. The maximum Gasteiger partial charge on any atom is 0.241 e. The highest BCUT2D eigenvalue weighted by Crippen LogP contribution is 2.13. The standard InChI is InChI=1S/C11H23N3O3S.ClH/c1-8-7-12-6-5-10(8)13-18(16,17)9(2)11(15)14(3)4;/h8-10,12-13H,5-7H2,1-4H3;1H. The van der Waals surface area contributed by atoms with E-state index in [9.17, 15) is 13.2 Å². The number of carbonyl (C=O) groups excluding carboxylic acids is 1. The van der Waals surface area contributed by atoms with E-state index in [1.165, 1.54) is 11.8 Å². The van der Waals surface area contributed by atoms with Crippen LogP contribution in [0.25, 0.3) is 0 Å². The summed E-state index contributed by atoms with van der Waals surface area (Å²) in [4.78, 5) is 13.0. The minimum atomic E-state index is -3.61. The minimum Gasteiger partial charge on any atom is -0.348 e. The van der Waals surface area contributed by atoms with Gasteiger partial charge in [0.1, 0.15) is 0 Å². The Morgan fingerprint density at radius 3 is 2.47 bits per heavy atom. The van der Waals surface area contributed by atoms with Crippen molar-refractivity contribution in [1.29, 1.82) is 0 Å². The Morgan fingerprint density at radius 1 is 1.42 bits per heavy atom. The molecular formula is C11H24ClN3O3S. The number of sulfonamides is 1. The number of carbonyl (C=O) groups is 1. The van der Waals surface area contributed by atoms with Crippen molar-refractivity contribution in [2.24, 2.45) is 5.92 Å². The average molecular weight is 314 g/mol. The van der Waals surface area contributed by atoms with Crippen LogP contribution in [0.4, 0.5) is 0 Å². The van der Waals surface area contributed by atoms with Gasteiger partial charge in [-0.1, -0.05) is 6.92 Å². The van der Waals surface area contributed by atoms with Gasteiger partial charge in [-0.2, -0.15) is 0 Å². The Hall–Kier alpha value is -0.370. The molecule has 1 fully saturated rings. The highest BCUT2D eigenvalue weighted by atomic mass is 35.5. The molecule has 2 N–H and O–H groups in total. The van der Waals surface area contributed by atoms with Gasteiger partial charge in [-0.25, -0.2) is 13.1 Å². The van der Waals surface area contributed by atoms with Crippen molar-refractivity contribution in [3.63, 3.8) is 0 Å². The van der Waals surface area contributed by atoms with Crippen molar-refractivity contribution in [3.8, 4) is 0 Å². The summed E-state index contributed by atoms with van der Waals surface area (Å²) < 4.78 is 26.9. The smallest absolute Gasteiger partial charge is 0.241 e. The molecule has 1 saturated heterocycles. The average Bonchev–Trinajstić information content (AvgIpc) is 2.29. The van der Waals surface area contributed by atoms with Crippen LogP contribution >= 0.6 is 12.4 Å². The molecule has 1 rings (SSSR count). The number of rotatable bonds is 4. The van der Waals surface area contributed by atoms with E-state index in [0.29, 0.717) is 0 Å². The zero-order valence-electron chi connectivity index (χ0n) is 11.8. The molecule has 0 saturated carbocycles. The number of hydrogen-bond donors (Lipinski definition) is 2. The van der Waals surface area contributed by atoms with E-state index in [1.54, 1.807) is 14.1 Å². The molecular weight excluding hydrogens is 290 g/mol. The maximum absolute atomic E-state index is 12.1. The lowest BCUT2D eigenvalue weighted by molar-refractivity contribution is -0.127. The summed E-state index contributed by atoms with van der Waals surface area (Å²) >= 11 is 0. The van der Waals surface area contributed by atoms with Gasteiger partial charge < -0.3 is 10.2 Å². The van der Waals surface area contributed by atoms with Gasteiger partial charge >= 0.3 is 0 Å². The molecule has 0 aromatic rings. The number of halogens is 1. The van der Waals surface area contributed by atoms with Gasteiger partial charge in [0, 0.05) is 20.1 Å². The lowest BCUT2D eigenvalue weighted by Gasteiger charge is -2.31. The van der Waals surface area contributed by atoms with Gasteiger partial charge in [0.2, 0.25) is 15.9 Å². The Labute approximate surface area is 121 Å². The van der Waals surface area contributed by atoms with Crippen LogP contribution in [-0.4, -0.2) is 57.7 Å². The van der Waals surface area contributed by atoms with Crippen LogP contribution in [-0.2, 0) is 14.8 Å². The molecule has 1 heterocycles. The first-order chi connectivity index (χ1) is 8.25. The third-order valence-electron chi connectivity index (χ3n) is 3.35. The lowest BCUT2D eigenvalue weighted by atomic mass is 9.97. The molecule has 1 aliphatic heterocycles. The van der Waals surface area contributed by atoms with E-state index >= 15 is 0 Å². The van der Waals surface area contributed by atoms with E-state index in [1.807, 2.05) is 6.92 Å². The molecule has 0 spiro atoms. The molecule has 8 heteroatoms. The quantitative estimate of drug-likeness (QED) is 0.753. The highest BCUT2D eigenvalue weighted by Gasteiger charge is 2.33. The fraction of sp³-hybridized carbons (Fsp3) is 0.909. The summed E-state index contributed by atoms with van der Waals surface area (Å²) in [6, 6.07) is -0.0892. The van der Waals surface area contributed by atoms with Gasteiger partial charge in [0.15, 0.2) is 5.25 Å². The summed E-state index contributed by atoms with van der Waals surface area (Å²) in [5.41, 5.74) is 0. The normalized spacial score (nSPS) is 25.3. The van der Waals surface area contributed by atoms with Gasteiger partial charge in [0.25, 0.3) is 0 Å². The van der Waals surface area contributed by atoms with Crippen molar-refractivity contribution in [3.05, 3.63) is 0 Å². The van der Waals surface area contributed by atoms with Gasteiger partial charge in [-0.3, -0.25) is 4.79 Å². The maximum atomic E-state index is 12.1. The summed E-state index contributed by atoms with van der Waals surface area (Å²) in [6.07, 6.45) is 0.753. The van der Waals surface area contributed by atoms with E-state index in [-0.39, 0.29) is 24.4 Å². The van der Waals surface area contributed by atoms with Crippen molar-refractivity contribution < 1.29 is 13.2 Å². The molecule has 0 bridgehead atoms. The third-order valence-corrected chi connectivity index (χ3v) is 5.12. The van der Waals surface area contributed by atoms with E-state index in [4.69, 9.17) is 0 Å². The Morgan fingerprint density at radius 2 is 2.00 bits per heavy atom. The van der Waals surface area contributed by atoms with E-state index < -0.39 is 21.2 Å². The number of piperidine rings is 1. The van der Waals surface area contributed by atoms with Crippen LogP contribution < -0.4 is 10.0 Å². The number of amides is 1. The second-order valence-corrected chi connectivity index (χ2v) is 7.15. The summed E-state index contributed by atoms with van der Waals surface area (Å²) in [7, 11) is -0.492. The SMILES string of the molecule is CC1CNCCC1NS(=O)(=O)C(C)C(=O)N(C)C.Cl. The molecule has 1 amide bonds. The van der Waals surface area contributed by atoms with Crippen LogP contribution in [0.1, 0.15) is 20.3 Å². The summed E-state index contributed by atoms with van der Waals surface area (Å²) in [6.45, 7) is 5.02. The molecule has 0 aliphatic carbocycles. The Bertz CT molecular complexity index is 400.